The summed E-state index contributed by atoms with van der Waals surface area (Å²) in [5.41, 5.74) is 1.49. The Bertz CT molecular complexity index is 757. The Kier molecular flexibility index (Phi) is 4.37. The molecule has 4 rings (SSSR count). The topological polar surface area (TPSA) is 95.3 Å². The van der Waals surface area contributed by atoms with Gasteiger partial charge in [-0.05, 0) is 38.1 Å². The SMILES string of the molecule is CN1CCNCC1c1noc(-c2cccc(NC(=O)NC3CC3)c2)n1. The van der Waals surface area contributed by atoms with Gasteiger partial charge in [-0.3, -0.25) is 4.90 Å². The van der Waals surface area contributed by atoms with Crippen molar-refractivity contribution in [3.63, 3.8) is 0 Å². The van der Waals surface area contributed by atoms with Crippen molar-refractivity contribution in [2.24, 2.45) is 0 Å². The van der Waals surface area contributed by atoms with Crippen molar-refractivity contribution < 1.29 is 9.32 Å². The highest BCUT2D eigenvalue weighted by atomic mass is 16.5. The number of rotatable bonds is 4. The summed E-state index contributed by atoms with van der Waals surface area (Å²) in [4.78, 5) is 18.6. The Morgan fingerprint density at radius 1 is 1.40 bits per heavy atom. The van der Waals surface area contributed by atoms with Crippen LogP contribution in [0.4, 0.5) is 10.5 Å². The number of aromatic nitrogens is 2. The predicted octanol–water partition coefficient (Wildman–Crippen LogP) is 1.60. The molecule has 0 bridgehead atoms. The minimum atomic E-state index is -0.180. The molecule has 8 heteroatoms. The van der Waals surface area contributed by atoms with Gasteiger partial charge in [-0.2, -0.15) is 4.98 Å². The molecule has 8 nitrogen and oxygen atoms in total. The number of nitrogens with one attached hydrogen (secondary N) is 3. The van der Waals surface area contributed by atoms with E-state index in [-0.39, 0.29) is 12.1 Å². The van der Waals surface area contributed by atoms with Crippen LogP contribution in [-0.4, -0.2) is 53.8 Å². The first-order valence-corrected chi connectivity index (χ1v) is 8.61. The van der Waals surface area contributed by atoms with Gasteiger partial charge in [0.25, 0.3) is 5.89 Å². The molecular formula is C17H22N6O2. The fraction of sp³-hybridized carbons (Fsp3) is 0.471. The zero-order valence-corrected chi connectivity index (χ0v) is 14.2. The number of hydrogen-bond acceptors (Lipinski definition) is 6. The molecule has 0 spiro atoms. The Morgan fingerprint density at radius 2 is 2.28 bits per heavy atom. The highest BCUT2D eigenvalue weighted by Crippen LogP contribution is 2.25. The van der Waals surface area contributed by atoms with E-state index in [1.807, 2.05) is 24.3 Å². The van der Waals surface area contributed by atoms with E-state index in [1.54, 1.807) is 0 Å². The maximum absolute atomic E-state index is 11.9. The highest BCUT2D eigenvalue weighted by molar-refractivity contribution is 5.90. The molecule has 1 unspecified atom stereocenters. The largest absolute Gasteiger partial charge is 0.335 e. The third-order valence-corrected chi connectivity index (χ3v) is 4.53. The summed E-state index contributed by atoms with van der Waals surface area (Å²) in [5.74, 6) is 1.13. The maximum atomic E-state index is 11.9. The van der Waals surface area contributed by atoms with Gasteiger partial charge < -0.3 is 20.5 Å². The van der Waals surface area contributed by atoms with Crippen molar-refractivity contribution in [3.8, 4) is 11.5 Å². The molecule has 2 heterocycles. The number of carbonyl (C=O) groups is 1. The molecule has 1 aliphatic heterocycles. The van der Waals surface area contributed by atoms with E-state index in [0.29, 0.717) is 23.4 Å². The summed E-state index contributed by atoms with van der Waals surface area (Å²) >= 11 is 0. The van der Waals surface area contributed by atoms with Gasteiger partial charge in [0, 0.05) is 36.9 Å². The summed E-state index contributed by atoms with van der Waals surface area (Å²) in [5, 5.41) is 13.2. The Morgan fingerprint density at radius 3 is 3.08 bits per heavy atom. The third-order valence-electron chi connectivity index (χ3n) is 4.53. The summed E-state index contributed by atoms with van der Waals surface area (Å²) < 4.78 is 5.44. The van der Waals surface area contributed by atoms with Gasteiger partial charge in [-0.25, -0.2) is 4.79 Å². The van der Waals surface area contributed by atoms with Crippen LogP contribution in [0.2, 0.25) is 0 Å². The molecule has 25 heavy (non-hydrogen) atoms. The van der Waals surface area contributed by atoms with Crippen LogP contribution in [0.25, 0.3) is 11.5 Å². The van der Waals surface area contributed by atoms with Crippen molar-refractivity contribution >= 4 is 11.7 Å². The van der Waals surface area contributed by atoms with Crippen LogP contribution in [0.1, 0.15) is 24.7 Å². The predicted molar refractivity (Wildman–Crippen MR) is 93.2 cm³/mol. The summed E-state index contributed by atoms with van der Waals surface area (Å²) in [7, 11) is 2.06. The minimum absolute atomic E-state index is 0.108. The van der Waals surface area contributed by atoms with Crippen LogP contribution in [0, 0.1) is 0 Å². The average molecular weight is 342 g/mol. The number of hydrogen-bond donors (Lipinski definition) is 3. The molecule has 132 valence electrons. The Labute approximate surface area is 146 Å². The van der Waals surface area contributed by atoms with Crippen molar-refractivity contribution in [1.29, 1.82) is 0 Å². The van der Waals surface area contributed by atoms with Gasteiger partial charge in [0.2, 0.25) is 0 Å². The van der Waals surface area contributed by atoms with Gasteiger partial charge in [-0.15, -0.1) is 0 Å². The third kappa shape index (κ3) is 3.80. The lowest BCUT2D eigenvalue weighted by atomic mass is 10.2. The fourth-order valence-corrected chi connectivity index (χ4v) is 2.89. The number of amides is 2. The molecule has 1 aromatic carbocycles. The standard InChI is InChI=1S/C17H22N6O2/c1-23-8-7-18-10-14(23)15-21-16(25-22-15)11-3-2-4-13(9-11)20-17(24)19-12-5-6-12/h2-4,9,12,14,18H,5-8,10H2,1H3,(H2,19,20,24). The maximum Gasteiger partial charge on any atom is 0.319 e. The molecule has 2 amide bonds. The van der Waals surface area contributed by atoms with Crippen LogP contribution in [0.15, 0.2) is 28.8 Å². The van der Waals surface area contributed by atoms with Gasteiger partial charge >= 0.3 is 6.03 Å². The van der Waals surface area contributed by atoms with E-state index in [1.165, 1.54) is 0 Å². The molecule has 2 aliphatic rings. The molecule has 1 aromatic heterocycles. The zero-order chi connectivity index (χ0) is 17.2. The van der Waals surface area contributed by atoms with E-state index in [0.717, 1.165) is 38.0 Å². The van der Waals surface area contributed by atoms with Gasteiger partial charge in [0.1, 0.15) is 0 Å². The lowest BCUT2D eigenvalue weighted by Gasteiger charge is -2.30. The van der Waals surface area contributed by atoms with Crippen molar-refractivity contribution in [2.45, 2.75) is 24.9 Å². The number of benzene rings is 1. The monoisotopic (exact) mass is 342 g/mol. The first-order chi connectivity index (χ1) is 12.2. The second-order valence-electron chi connectivity index (χ2n) is 6.61. The molecular weight excluding hydrogens is 320 g/mol. The second kappa shape index (κ2) is 6.81. The zero-order valence-electron chi connectivity index (χ0n) is 14.2. The molecule has 3 N–H and O–H groups in total. The van der Waals surface area contributed by atoms with E-state index in [4.69, 9.17) is 4.52 Å². The molecule has 1 saturated heterocycles. The average Bonchev–Trinajstić information content (AvgIpc) is 3.28. The highest BCUT2D eigenvalue weighted by Gasteiger charge is 2.26. The molecule has 1 atom stereocenters. The summed E-state index contributed by atoms with van der Waals surface area (Å²) in [6.07, 6.45) is 2.12. The molecule has 0 radical (unpaired) electrons. The number of carbonyl (C=O) groups excluding carboxylic acids is 1. The smallest absolute Gasteiger partial charge is 0.319 e. The normalized spacial score (nSPS) is 21.1. The van der Waals surface area contributed by atoms with Crippen LogP contribution in [0.5, 0.6) is 0 Å². The van der Waals surface area contributed by atoms with Crippen LogP contribution >= 0.6 is 0 Å². The molecule has 2 aromatic rings. The lowest BCUT2D eigenvalue weighted by molar-refractivity contribution is 0.190. The number of anilines is 1. The van der Waals surface area contributed by atoms with Gasteiger partial charge in [0.05, 0.1) is 6.04 Å². The van der Waals surface area contributed by atoms with Crippen LogP contribution in [0.3, 0.4) is 0 Å². The van der Waals surface area contributed by atoms with Crippen LogP contribution in [-0.2, 0) is 0 Å². The lowest BCUT2D eigenvalue weighted by Crippen LogP contribution is -2.44. The van der Waals surface area contributed by atoms with Gasteiger partial charge in [0.15, 0.2) is 5.82 Å². The minimum Gasteiger partial charge on any atom is -0.335 e. The summed E-state index contributed by atoms with van der Waals surface area (Å²) in [6.45, 7) is 2.72. The van der Waals surface area contributed by atoms with E-state index < -0.39 is 0 Å². The molecule has 2 fully saturated rings. The van der Waals surface area contributed by atoms with E-state index >= 15 is 0 Å². The molecule has 1 aliphatic carbocycles. The molecule has 1 saturated carbocycles. The number of likely N-dealkylation sites (N-methyl/N-ethyl adjacent to an activating group) is 1. The van der Waals surface area contributed by atoms with Crippen molar-refractivity contribution in [1.82, 2.24) is 25.7 Å². The van der Waals surface area contributed by atoms with E-state index in [9.17, 15) is 4.79 Å². The first kappa shape index (κ1) is 16.0. The Balaban J connectivity index is 1.48. The quantitative estimate of drug-likeness (QED) is 0.781. The second-order valence-corrected chi connectivity index (χ2v) is 6.61. The van der Waals surface area contributed by atoms with E-state index in [2.05, 4.69) is 38.0 Å². The van der Waals surface area contributed by atoms with Crippen LogP contribution < -0.4 is 16.0 Å². The fourth-order valence-electron chi connectivity index (χ4n) is 2.89. The number of urea groups is 1. The van der Waals surface area contributed by atoms with Crippen molar-refractivity contribution in [3.05, 3.63) is 30.1 Å². The number of piperazine rings is 1. The summed E-state index contributed by atoms with van der Waals surface area (Å²) in [6, 6.07) is 7.68. The van der Waals surface area contributed by atoms with Crippen molar-refractivity contribution in [2.75, 3.05) is 32.0 Å². The number of nitrogens with zero attached hydrogens (tertiary/aromatic N) is 3. The first-order valence-electron chi connectivity index (χ1n) is 8.61. The van der Waals surface area contributed by atoms with Gasteiger partial charge in [-0.1, -0.05) is 11.2 Å². The Hall–Kier alpha value is -2.45.